The predicted octanol–water partition coefficient (Wildman–Crippen LogP) is 1.54. The van der Waals surface area contributed by atoms with E-state index in [0.717, 1.165) is 4.90 Å². The standard InChI is InChI=1S/C16H15ClN4O4/c1-10-13(14(17)21(19-10)11-5-3-2-4-6-11)15(23)25-9-12(22)20-8-7-18-16(20)24/h2-6H,7-9H2,1H3,(H,18,24). The van der Waals surface area contributed by atoms with Crippen LogP contribution >= 0.6 is 11.6 Å². The lowest BCUT2D eigenvalue weighted by Crippen LogP contribution is -2.37. The van der Waals surface area contributed by atoms with Crippen molar-refractivity contribution in [3.63, 3.8) is 0 Å². The van der Waals surface area contributed by atoms with Gasteiger partial charge in [-0.2, -0.15) is 5.10 Å². The molecule has 1 aliphatic rings. The van der Waals surface area contributed by atoms with Gasteiger partial charge in [0.1, 0.15) is 10.7 Å². The summed E-state index contributed by atoms with van der Waals surface area (Å²) in [5, 5.41) is 6.84. The molecular formula is C16H15ClN4O4. The molecule has 0 bridgehead atoms. The second-order valence-electron chi connectivity index (χ2n) is 5.35. The first-order chi connectivity index (χ1) is 12.0. The Morgan fingerprint density at radius 1 is 1.32 bits per heavy atom. The zero-order valence-corrected chi connectivity index (χ0v) is 14.1. The number of aromatic nitrogens is 2. The highest BCUT2D eigenvalue weighted by Gasteiger charge is 2.28. The Balaban J connectivity index is 1.73. The molecule has 1 aromatic heterocycles. The molecule has 0 unspecified atom stereocenters. The Bertz CT molecular complexity index is 834. The van der Waals surface area contributed by atoms with E-state index in [-0.39, 0.29) is 17.3 Å². The number of hydrogen-bond acceptors (Lipinski definition) is 5. The molecule has 1 aromatic carbocycles. The molecule has 9 heteroatoms. The van der Waals surface area contributed by atoms with Crippen molar-refractivity contribution in [2.75, 3.05) is 19.7 Å². The number of imide groups is 1. The van der Waals surface area contributed by atoms with Gasteiger partial charge in [-0.25, -0.2) is 14.3 Å². The fourth-order valence-electron chi connectivity index (χ4n) is 2.46. The van der Waals surface area contributed by atoms with E-state index in [2.05, 4.69) is 10.4 Å². The van der Waals surface area contributed by atoms with Gasteiger partial charge >= 0.3 is 12.0 Å². The molecule has 130 valence electrons. The number of urea groups is 1. The highest BCUT2D eigenvalue weighted by Crippen LogP contribution is 2.24. The summed E-state index contributed by atoms with van der Waals surface area (Å²) in [6, 6.07) is 8.59. The number of para-hydroxylation sites is 1. The lowest BCUT2D eigenvalue weighted by atomic mass is 10.2. The Morgan fingerprint density at radius 2 is 2.04 bits per heavy atom. The average molecular weight is 363 g/mol. The Hall–Kier alpha value is -2.87. The number of benzene rings is 1. The van der Waals surface area contributed by atoms with Crippen LogP contribution in [0.3, 0.4) is 0 Å². The molecule has 1 aliphatic heterocycles. The number of aryl methyl sites for hydroxylation is 1. The fourth-order valence-corrected chi connectivity index (χ4v) is 2.81. The first kappa shape index (κ1) is 17.0. The van der Waals surface area contributed by atoms with Crippen LogP contribution in [0.15, 0.2) is 30.3 Å². The van der Waals surface area contributed by atoms with E-state index in [9.17, 15) is 14.4 Å². The zero-order valence-electron chi connectivity index (χ0n) is 13.4. The van der Waals surface area contributed by atoms with E-state index in [0.29, 0.717) is 17.9 Å². The number of carbonyl (C=O) groups is 3. The SMILES string of the molecule is Cc1nn(-c2ccccc2)c(Cl)c1C(=O)OCC(=O)N1CCNC1=O. The molecule has 0 radical (unpaired) electrons. The van der Waals surface area contributed by atoms with E-state index in [1.54, 1.807) is 19.1 Å². The third-order valence-corrected chi connectivity index (χ3v) is 4.04. The minimum Gasteiger partial charge on any atom is -0.452 e. The number of amides is 3. The van der Waals surface area contributed by atoms with Gasteiger partial charge in [-0.15, -0.1) is 0 Å². The minimum absolute atomic E-state index is 0.0872. The number of esters is 1. The van der Waals surface area contributed by atoms with Crippen LogP contribution in [0.25, 0.3) is 5.69 Å². The number of ether oxygens (including phenoxy) is 1. The minimum atomic E-state index is -0.766. The van der Waals surface area contributed by atoms with Gasteiger partial charge in [0.15, 0.2) is 6.61 Å². The van der Waals surface area contributed by atoms with Gasteiger partial charge in [-0.3, -0.25) is 9.69 Å². The number of halogens is 1. The molecule has 1 saturated heterocycles. The highest BCUT2D eigenvalue weighted by atomic mass is 35.5. The molecule has 1 N–H and O–H groups in total. The zero-order chi connectivity index (χ0) is 18.0. The van der Waals surface area contributed by atoms with Crippen LogP contribution in [0, 0.1) is 6.92 Å². The van der Waals surface area contributed by atoms with E-state index >= 15 is 0 Å². The molecule has 25 heavy (non-hydrogen) atoms. The van der Waals surface area contributed by atoms with Gasteiger partial charge in [0.2, 0.25) is 0 Å². The molecular weight excluding hydrogens is 348 g/mol. The van der Waals surface area contributed by atoms with Gasteiger partial charge < -0.3 is 10.1 Å². The normalized spacial score (nSPS) is 13.7. The fraction of sp³-hybridized carbons (Fsp3) is 0.250. The maximum absolute atomic E-state index is 12.3. The van der Waals surface area contributed by atoms with E-state index in [1.165, 1.54) is 4.68 Å². The number of nitrogens with one attached hydrogen (secondary N) is 1. The van der Waals surface area contributed by atoms with Crippen LogP contribution in [0.5, 0.6) is 0 Å². The number of carbonyl (C=O) groups excluding carboxylic acids is 3. The van der Waals surface area contributed by atoms with Crippen molar-refractivity contribution in [2.24, 2.45) is 0 Å². The molecule has 0 spiro atoms. The van der Waals surface area contributed by atoms with Crippen molar-refractivity contribution in [1.82, 2.24) is 20.0 Å². The molecule has 8 nitrogen and oxygen atoms in total. The molecule has 1 fully saturated rings. The summed E-state index contributed by atoms with van der Waals surface area (Å²) < 4.78 is 6.43. The molecule has 3 amide bonds. The smallest absolute Gasteiger partial charge is 0.343 e. The van der Waals surface area contributed by atoms with Crippen molar-refractivity contribution in [2.45, 2.75) is 6.92 Å². The van der Waals surface area contributed by atoms with E-state index < -0.39 is 24.5 Å². The van der Waals surface area contributed by atoms with Crippen molar-refractivity contribution in [1.29, 1.82) is 0 Å². The van der Waals surface area contributed by atoms with Crippen molar-refractivity contribution in [3.8, 4) is 5.69 Å². The number of hydrogen-bond donors (Lipinski definition) is 1. The number of nitrogens with zero attached hydrogens (tertiary/aromatic N) is 3. The number of rotatable bonds is 4. The Labute approximate surface area is 148 Å². The maximum Gasteiger partial charge on any atom is 0.343 e. The van der Waals surface area contributed by atoms with Crippen LogP contribution < -0.4 is 5.32 Å². The van der Waals surface area contributed by atoms with Gasteiger partial charge in [0, 0.05) is 13.1 Å². The van der Waals surface area contributed by atoms with Crippen LogP contribution in [-0.2, 0) is 9.53 Å². The summed E-state index contributed by atoms with van der Waals surface area (Å²) in [5.41, 5.74) is 1.16. The van der Waals surface area contributed by atoms with Gasteiger partial charge in [0.05, 0.1) is 11.4 Å². The lowest BCUT2D eigenvalue weighted by molar-refractivity contribution is -0.130. The van der Waals surface area contributed by atoms with Crippen molar-refractivity contribution < 1.29 is 19.1 Å². The predicted molar refractivity (Wildman–Crippen MR) is 88.7 cm³/mol. The molecule has 0 aliphatic carbocycles. The second-order valence-corrected chi connectivity index (χ2v) is 5.71. The van der Waals surface area contributed by atoms with Crippen molar-refractivity contribution in [3.05, 3.63) is 46.7 Å². The molecule has 2 aromatic rings. The second kappa shape index (κ2) is 6.94. The summed E-state index contributed by atoms with van der Waals surface area (Å²) in [7, 11) is 0. The van der Waals surface area contributed by atoms with Crippen LogP contribution in [0.2, 0.25) is 5.15 Å². The molecule has 3 rings (SSSR count). The summed E-state index contributed by atoms with van der Waals surface area (Å²) in [6.45, 7) is 1.71. The van der Waals surface area contributed by atoms with Crippen molar-refractivity contribution >= 4 is 29.5 Å². The first-order valence-corrected chi connectivity index (χ1v) is 7.92. The molecule has 2 heterocycles. The van der Waals surface area contributed by atoms with Crippen LogP contribution in [-0.4, -0.2) is 52.3 Å². The molecule has 0 saturated carbocycles. The Morgan fingerprint density at radius 3 is 2.68 bits per heavy atom. The van der Waals surface area contributed by atoms with E-state index in [1.807, 2.05) is 18.2 Å². The van der Waals surface area contributed by atoms with Crippen LogP contribution in [0.4, 0.5) is 4.79 Å². The first-order valence-electron chi connectivity index (χ1n) is 7.55. The average Bonchev–Trinajstić information content (AvgIpc) is 3.16. The highest BCUT2D eigenvalue weighted by molar-refractivity contribution is 6.33. The summed E-state index contributed by atoms with van der Waals surface area (Å²) in [5.74, 6) is -1.36. The molecule has 0 atom stereocenters. The summed E-state index contributed by atoms with van der Waals surface area (Å²) in [4.78, 5) is 36.6. The van der Waals surface area contributed by atoms with E-state index in [4.69, 9.17) is 16.3 Å². The van der Waals surface area contributed by atoms with Gasteiger partial charge in [0.25, 0.3) is 5.91 Å². The largest absolute Gasteiger partial charge is 0.452 e. The lowest BCUT2D eigenvalue weighted by Gasteiger charge is -2.12. The van der Waals surface area contributed by atoms with Gasteiger partial charge in [-0.05, 0) is 19.1 Å². The monoisotopic (exact) mass is 362 g/mol. The summed E-state index contributed by atoms with van der Waals surface area (Å²) in [6.07, 6.45) is 0. The van der Waals surface area contributed by atoms with Crippen LogP contribution in [0.1, 0.15) is 16.1 Å². The van der Waals surface area contributed by atoms with Gasteiger partial charge in [-0.1, -0.05) is 29.8 Å². The maximum atomic E-state index is 12.3. The quantitative estimate of drug-likeness (QED) is 0.833. The summed E-state index contributed by atoms with van der Waals surface area (Å²) >= 11 is 6.26. The third kappa shape index (κ3) is 3.34. The Kier molecular flexibility index (Phi) is 4.71. The topological polar surface area (TPSA) is 93.5 Å². The third-order valence-electron chi connectivity index (χ3n) is 3.69.